The first-order chi connectivity index (χ1) is 19.6. The highest BCUT2D eigenvalue weighted by Crippen LogP contribution is 2.48. The Morgan fingerprint density at radius 2 is 1.54 bits per heavy atom. The number of hydrogen-bond donors (Lipinski definition) is 2. The van der Waals surface area contributed by atoms with Crippen molar-refractivity contribution in [3.63, 3.8) is 0 Å². The van der Waals surface area contributed by atoms with Crippen molar-refractivity contribution in [1.82, 2.24) is 4.31 Å². The van der Waals surface area contributed by atoms with Gasteiger partial charge in [0.05, 0.1) is 21.9 Å². The van der Waals surface area contributed by atoms with Gasteiger partial charge >= 0.3 is 5.63 Å². The summed E-state index contributed by atoms with van der Waals surface area (Å²) in [4.78, 5) is 13.5. The summed E-state index contributed by atoms with van der Waals surface area (Å²) in [5.74, 6) is -0.758. The highest BCUT2D eigenvalue weighted by Gasteiger charge is 2.38. The zero-order valence-corrected chi connectivity index (χ0v) is 23.9. The molecule has 0 amide bonds. The summed E-state index contributed by atoms with van der Waals surface area (Å²) in [6.07, 6.45) is 1.65. The Morgan fingerprint density at radius 1 is 0.902 bits per heavy atom. The third-order valence-corrected chi connectivity index (χ3v) is 10.4. The molecule has 1 aliphatic rings. The summed E-state index contributed by atoms with van der Waals surface area (Å²) < 4.78 is 61.3. The van der Waals surface area contributed by atoms with Crippen LogP contribution >= 0.6 is 0 Å². The minimum Gasteiger partial charge on any atom is -0.507 e. The smallest absolute Gasteiger partial charge is 0.343 e. The summed E-state index contributed by atoms with van der Waals surface area (Å²) in [7, 11) is -7.68. The van der Waals surface area contributed by atoms with E-state index in [0.717, 1.165) is 12.8 Å². The van der Waals surface area contributed by atoms with Crippen LogP contribution in [-0.4, -0.2) is 32.8 Å². The van der Waals surface area contributed by atoms with Crippen LogP contribution < -0.4 is 10.3 Å². The molecular weight excluding hydrogens is 564 g/mol. The Balaban J connectivity index is 1.44. The maximum Gasteiger partial charge on any atom is 0.343 e. The lowest BCUT2D eigenvalue weighted by Gasteiger charge is -2.21. The summed E-state index contributed by atoms with van der Waals surface area (Å²) in [5, 5.41) is 11.1. The number of nitrogens with zero attached hydrogens (tertiary/aromatic N) is 1. The first kappa shape index (κ1) is 28.6. The van der Waals surface area contributed by atoms with Gasteiger partial charge in [0.15, 0.2) is 0 Å². The number of benzene rings is 3. The fraction of sp³-hybridized carbons (Fsp3) is 0.233. The van der Waals surface area contributed by atoms with Crippen LogP contribution in [0.3, 0.4) is 0 Å². The first-order valence-electron chi connectivity index (χ1n) is 13.2. The van der Waals surface area contributed by atoms with Gasteiger partial charge in [0, 0.05) is 24.2 Å². The Labute approximate surface area is 239 Å². The van der Waals surface area contributed by atoms with Crippen LogP contribution in [0.25, 0.3) is 0 Å². The quantitative estimate of drug-likeness (QED) is 0.252. The maximum absolute atomic E-state index is 13.3. The van der Waals surface area contributed by atoms with Crippen LogP contribution in [-0.2, 0) is 26.6 Å². The van der Waals surface area contributed by atoms with Gasteiger partial charge in [-0.05, 0) is 60.7 Å². The third-order valence-electron chi connectivity index (χ3n) is 7.04. The van der Waals surface area contributed by atoms with Gasteiger partial charge < -0.3 is 9.52 Å². The highest BCUT2D eigenvalue weighted by molar-refractivity contribution is 7.92. The van der Waals surface area contributed by atoms with E-state index in [9.17, 15) is 26.7 Å². The molecule has 41 heavy (non-hydrogen) atoms. The number of sulfonamides is 2. The Bertz CT molecular complexity index is 1800. The molecule has 1 heterocycles. The molecule has 1 unspecified atom stereocenters. The largest absolute Gasteiger partial charge is 0.507 e. The number of rotatable bonds is 11. The molecule has 4 aromatic rings. The second-order valence-corrected chi connectivity index (χ2v) is 13.5. The van der Waals surface area contributed by atoms with Crippen LogP contribution in [0, 0.1) is 5.92 Å². The molecule has 1 aliphatic carbocycles. The molecule has 0 radical (unpaired) electrons. The van der Waals surface area contributed by atoms with Crippen LogP contribution in [0.2, 0.25) is 0 Å². The minimum absolute atomic E-state index is 0.0107. The Kier molecular flexibility index (Phi) is 8.03. The van der Waals surface area contributed by atoms with Crippen LogP contribution in [0.5, 0.6) is 5.75 Å². The van der Waals surface area contributed by atoms with E-state index in [0.29, 0.717) is 11.3 Å². The SMILES string of the molecule is CCN(Cc1cc(O)c(C(c2cccc(NS(=O)(=O)c3ccccc3)c2)C2CC2)c(=O)o1)S(=O)(=O)c1ccccc1. The van der Waals surface area contributed by atoms with E-state index < -0.39 is 31.6 Å². The van der Waals surface area contributed by atoms with Crippen molar-refractivity contribution < 1.29 is 26.4 Å². The van der Waals surface area contributed by atoms with Gasteiger partial charge in [-0.15, -0.1) is 0 Å². The average molecular weight is 595 g/mol. The normalized spacial score (nSPS) is 14.6. The molecule has 1 aromatic heterocycles. The minimum atomic E-state index is -3.85. The van der Waals surface area contributed by atoms with Crippen LogP contribution in [0.15, 0.2) is 110 Å². The topological polar surface area (TPSA) is 134 Å². The molecule has 11 heteroatoms. The number of anilines is 1. The zero-order valence-electron chi connectivity index (χ0n) is 22.3. The molecular formula is C30H30N2O7S2. The van der Waals surface area contributed by atoms with Crippen LogP contribution in [0.1, 0.15) is 42.6 Å². The summed E-state index contributed by atoms with van der Waals surface area (Å²) in [6.45, 7) is 1.57. The molecule has 2 N–H and O–H groups in total. The van der Waals surface area contributed by atoms with Gasteiger partial charge in [0.1, 0.15) is 11.5 Å². The fourth-order valence-electron chi connectivity index (χ4n) is 4.90. The van der Waals surface area contributed by atoms with E-state index in [2.05, 4.69) is 4.72 Å². The van der Waals surface area contributed by atoms with E-state index in [-0.39, 0.29) is 45.9 Å². The lowest BCUT2D eigenvalue weighted by Crippen LogP contribution is -2.31. The molecule has 5 rings (SSSR count). The molecule has 0 bridgehead atoms. The fourth-order valence-corrected chi connectivity index (χ4v) is 7.40. The second kappa shape index (κ2) is 11.5. The van der Waals surface area contributed by atoms with Crippen LogP contribution in [0.4, 0.5) is 5.69 Å². The van der Waals surface area contributed by atoms with Gasteiger partial charge in [-0.25, -0.2) is 21.6 Å². The van der Waals surface area contributed by atoms with Crippen molar-refractivity contribution >= 4 is 25.7 Å². The Hall–Kier alpha value is -3.93. The van der Waals surface area contributed by atoms with E-state index in [1.165, 1.54) is 34.6 Å². The van der Waals surface area contributed by atoms with E-state index in [4.69, 9.17) is 4.42 Å². The lowest BCUT2D eigenvalue weighted by atomic mass is 9.87. The van der Waals surface area contributed by atoms with Crippen molar-refractivity contribution in [1.29, 1.82) is 0 Å². The number of aromatic hydroxyl groups is 1. The van der Waals surface area contributed by atoms with Crippen molar-refractivity contribution in [3.8, 4) is 5.75 Å². The molecule has 214 valence electrons. The highest BCUT2D eigenvalue weighted by atomic mass is 32.2. The number of nitrogens with one attached hydrogen (secondary N) is 1. The second-order valence-electron chi connectivity index (χ2n) is 9.90. The maximum atomic E-state index is 13.3. The molecule has 0 aliphatic heterocycles. The lowest BCUT2D eigenvalue weighted by molar-refractivity contribution is 0.345. The molecule has 3 aromatic carbocycles. The van der Waals surface area contributed by atoms with E-state index >= 15 is 0 Å². The van der Waals surface area contributed by atoms with E-state index in [1.54, 1.807) is 67.6 Å². The zero-order chi connectivity index (χ0) is 29.2. The molecule has 9 nitrogen and oxygen atoms in total. The average Bonchev–Trinajstić information content (AvgIpc) is 3.80. The molecule has 1 atom stereocenters. The number of hydrogen-bond acceptors (Lipinski definition) is 7. The summed E-state index contributed by atoms with van der Waals surface area (Å²) in [6, 6.07) is 24.0. The van der Waals surface area contributed by atoms with Gasteiger partial charge in [0.2, 0.25) is 10.0 Å². The predicted octanol–water partition coefficient (Wildman–Crippen LogP) is 4.90. The predicted molar refractivity (Wildman–Crippen MR) is 155 cm³/mol. The molecule has 1 fully saturated rings. The summed E-state index contributed by atoms with van der Waals surface area (Å²) >= 11 is 0. The molecule has 0 spiro atoms. The molecule has 0 saturated heterocycles. The van der Waals surface area contributed by atoms with Gasteiger partial charge in [-0.2, -0.15) is 4.31 Å². The monoisotopic (exact) mass is 594 g/mol. The van der Waals surface area contributed by atoms with Gasteiger partial charge in [-0.1, -0.05) is 55.5 Å². The van der Waals surface area contributed by atoms with Crippen molar-refractivity contribution in [2.75, 3.05) is 11.3 Å². The first-order valence-corrected chi connectivity index (χ1v) is 16.1. The standard InChI is InChI=1S/C30H30N2O7S2/c1-2-32(41(37,38)26-14-7-4-8-15-26)20-24-19-27(33)29(30(34)39-24)28(21-16-17-21)22-10-9-11-23(18-22)31-40(35,36)25-12-5-3-6-13-25/h3-15,18-19,21,28,31,33H,2,16-17,20H2,1H3. The van der Waals surface area contributed by atoms with Crippen molar-refractivity contribution in [2.45, 2.75) is 42.0 Å². The third kappa shape index (κ3) is 6.22. The summed E-state index contributed by atoms with van der Waals surface area (Å²) in [5.41, 5.74) is 0.272. The Morgan fingerprint density at radius 3 is 2.12 bits per heavy atom. The van der Waals surface area contributed by atoms with Gasteiger partial charge in [0.25, 0.3) is 10.0 Å². The van der Waals surface area contributed by atoms with Crippen molar-refractivity contribution in [3.05, 3.63) is 118 Å². The van der Waals surface area contributed by atoms with Gasteiger partial charge in [-0.3, -0.25) is 4.72 Å². The van der Waals surface area contributed by atoms with E-state index in [1.807, 2.05) is 0 Å². The molecule has 1 saturated carbocycles. The van der Waals surface area contributed by atoms with Crippen molar-refractivity contribution in [2.24, 2.45) is 5.92 Å².